The predicted molar refractivity (Wildman–Crippen MR) is 324 cm³/mol. The van der Waals surface area contributed by atoms with E-state index in [4.69, 9.17) is 4.74 Å². The smallest absolute Gasteiger partial charge is 0.305 e. The van der Waals surface area contributed by atoms with Gasteiger partial charge in [-0.3, -0.25) is 9.59 Å². The van der Waals surface area contributed by atoms with Crippen molar-refractivity contribution in [2.45, 2.75) is 373 Å². The number of nitrogens with one attached hydrogen (secondary N) is 1. The van der Waals surface area contributed by atoms with E-state index in [1.165, 1.54) is 283 Å². The Balaban J connectivity index is 3.43. The van der Waals surface area contributed by atoms with E-state index >= 15 is 0 Å². The van der Waals surface area contributed by atoms with Crippen molar-refractivity contribution in [3.05, 3.63) is 36.5 Å². The summed E-state index contributed by atoms with van der Waals surface area (Å²) >= 11 is 0. The first-order chi connectivity index (χ1) is 36.5. The third-order valence-electron chi connectivity index (χ3n) is 15.4. The molecule has 0 heterocycles. The van der Waals surface area contributed by atoms with Crippen LogP contribution in [0, 0.1) is 0 Å². The van der Waals surface area contributed by atoms with Gasteiger partial charge in [0.1, 0.15) is 0 Å². The summed E-state index contributed by atoms with van der Waals surface area (Å²) in [5.74, 6) is -0.0663. The number of ether oxygens (including phenoxy) is 1. The molecule has 0 saturated heterocycles. The van der Waals surface area contributed by atoms with Gasteiger partial charge in [0.05, 0.1) is 25.4 Å². The Hall–Kier alpha value is -1.92. The Kier molecular flexibility index (Phi) is 62.0. The minimum absolute atomic E-state index is 0.00638. The van der Waals surface area contributed by atoms with Gasteiger partial charge in [-0.25, -0.2) is 0 Å². The number of carbonyl (C=O) groups excluding carboxylic acids is 2. The highest BCUT2D eigenvalue weighted by atomic mass is 16.5. The largest absolute Gasteiger partial charge is 0.466 e. The quantitative estimate of drug-likeness (QED) is 0.0320. The van der Waals surface area contributed by atoms with Crippen LogP contribution in [0.1, 0.15) is 361 Å². The zero-order chi connectivity index (χ0) is 53.6. The fraction of sp³-hybridized carbons (Fsp3) is 0.882. The zero-order valence-corrected chi connectivity index (χ0v) is 49.8. The lowest BCUT2D eigenvalue weighted by atomic mass is 10.0. The van der Waals surface area contributed by atoms with Crippen molar-refractivity contribution in [1.82, 2.24) is 5.32 Å². The first-order valence-electron chi connectivity index (χ1n) is 33.3. The molecule has 436 valence electrons. The van der Waals surface area contributed by atoms with E-state index in [0.717, 1.165) is 51.4 Å². The standard InChI is InChI=1S/C68H129NO5/c1-3-5-7-9-11-13-15-17-19-21-29-32-36-40-44-48-52-56-60-66(71)65(64-70)69-67(72)61-57-53-49-45-41-37-33-30-26-24-22-23-25-27-31-35-39-43-47-51-55-59-63-74-68(73)62-58-54-50-46-42-38-34-28-20-18-16-14-12-10-8-6-4-2/h18,20,24,26,56,60,65-66,70-71H,3-17,19,21-23,25,27-55,57-59,61-64H2,1-2H3,(H,69,72)/b20-18-,26-24-,60-56+. The number of amides is 1. The molecule has 0 aromatic heterocycles. The molecular weight excluding hydrogens is 911 g/mol. The third kappa shape index (κ3) is 59.3. The number of hydrogen-bond acceptors (Lipinski definition) is 5. The topological polar surface area (TPSA) is 95.9 Å². The van der Waals surface area contributed by atoms with Gasteiger partial charge in [-0.15, -0.1) is 0 Å². The number of aliphatic hydroxyl groups is 2. The third-order valence-corrected chi connectivity index (χ3v) is 15.4. The number of allylic oxidation sites excluding steroid dienone is 5. The van der Waals surface area contributed by atoms with E-state index in [9.17, 15) is 19.8 Å². The maximum absolute atomic E-state index is 12.5. The number of carbonyl (C=O) groups is 2. The summed E-state index contributed by atoms with van der Waals surface area (Å²) < 4.78 is 5.49. The first kappa shape index (κ1) is 72.1. The van der Waals surface area contributed by atoms with Crippen molar-refractivity contribution < 1.29 is 24.5 Å². The maximum Gasteiger partial charge on any atom is 0.305 e. The van der Waals surface area contributed by atoms with Crippen molar-refractivity contribution in [2.75, 3.05) is 13.2 Å². The average Bonchev–Trinajstić information content (AvgIpc) is 3.40. The van der Waals surface area contributed by atoms with Gasteiger partial charge < -0.3 is 20.3 Å². The van der Waals surface area contributed by atoms with Crippen LogP contribution in [0.4, 0.5) is 0 Å². The number of aliphatic hydroxyl groups excluding tert-OH is 2. The van der Waals surface area contributed by atoms with E-state index < -0.39 is 12.1 Å². The summed E-state index contributed by atoms with van der Waals surface area (Å²) in [6.07, 6.45) is 80.5. The molecule has 1 amide bonds. The second kappa shape index (κ2) is 63.6. The van der Waals surface area contributed by atoms with Crippen molar-refractivity contribution in [1.29, 1.82) is 0 Å². The Labute approximate surface area is 462 Å². The molecule has 74 heavy (non-hydrogen) atoms. The van der Waals surface area contributed by atoms with Crippen LogP contribution in [0.2, 0.25) is 0 Å². The van der Waals surface area contributed by atoms with Crippen LogP contribution in [-0.4, -0.2) is 47.4 Å². The molecule has 2 atom stereocenters. The van der Waals surface area contributed by atoms with E-state index in [-0.39, 0.29) is 18.5 Å². The summed E-state index contributed by atoms with van der Waals surface area (Å²) in [4.78, 5) is 24.6. The second-order valence-electron chi connectivity index (χ2n) is 22.8. The highest BCUT2D eigenvalue weighted by Gasteiger charge is 2.18. The summed E-state index contributed by atoms with van der Waals surface area (Å²) in [6, 6.07) is -0.634. The molecule has 6 nitrogen and oxygen atoms in total. The van der Waals surface area contributed by atoms with Gasteiger partial charge in [0.25, 0.3) is 0 Å². The molecule has 0 rings (SSSR count). The average molecular weight is 1040 g/mol. The molecule has 0 aliphatic heterocycles. The van der Waals surface area contributed by atoms with E-state index in [2.05, 4.69) is 43.5 Å². The molecule has 2 unspecified atom stereocenters. The lowest BCUT2D eigenvalue weighted by Gasteiger charge is -2.20. The van der Waals surface area contributed by atoms with Crippen LogP contribution in [0.15, 0.2) is 36.5 Å². The van der Waals surface area contributed by atoms with Crippen molar-refractivity contribution >= 4 is 11.9 Å². The fourth-order valence-electron chi connectivity index (χ4n) is 10.3. The molecule has 0 bridgehead atoms. The number of unbranched alkanes of at least 4 members (excludes halogenated alkanes) is 47. The number of esters is 1. The predicted octanol–water partition coefficient (Wildman–Crippen LogP) is 21.1. The maximum atomic E-state index is 12.5. The van der Waals surface area contributed by atoms with Crippen LogP contribution in [-0.2, 0) is 14.3 Å². The summed E-state index contributed by atoms with van der Waals surface area (Å²) in [6.45, 7) is 4.92. The van der Waals surface area contributed by atoms with Crippen molar-refractivity contribution in [3.63, 3.8) is 0 Å². The summed E-state index contributed by atoms with van der Waals surface area (Å²) in [7, 11) is 0. The molecule has 6 heteroatoms. The Morgan fingerprint density at radius 2 is 0.635 bits per heavy atom. The van der Waals surface area contributed by atoms with Crippen LogP contribution in [0.5, 0.6) is 0 Å². The van der Waals surface area contributed by atoms with E-state index in [1.54, 1.807) is 6.08 Å². The highest BCUT2D eigenvalue weighted by molar-refractivity contribution is 5.76. The van der Waals surface area contributed by atoms with Gasteiger partial charge in [-0.2, -0.15) is 0 Å². The summed E-state index contributed by atoms with van der Waals surface area (Å²) in [5.41, 5.74) is 0. The SMILES string of the molecule is CCCCCCCC/C=C\CCCCCCCCCC(=O)OCCCCCCCCCCCCC/C=C\CCCCCCCCCC(=O)NC(CO)C(O)/C=C/CCCCCCCCCCCCCCCCCC. The van der Waals surface area contributed by atoms with Crippen LogP contribution in [0.25, 0.3) is 0 Å². The second-order valence-corrected chi connectivity index (χ2v) is 22.8. The molecule has 0 aliphatic carbocycles. The van der Waals surface area contributed by atoms with E-state index in [1.807, 2.05) is 6.08 Å². The normalized spacial score (nSPS) is 12.8. The van der Waals surface area contributed by atoms with Crippen LogP contribution >= 0.6 is 0 Å². The van der Waals surface area contributed by atoms with Crippen molar-refractivity contribution in [2.24, 2.45) is 0 Å². The molecule has 0 aliphatic rings. The molecular formula is C68H129NO5. The highest BCUT2D eigenvalue weighted by Crippen LogP contribution is 2.17. The Bertz CT molecular complexity index is 1200. The number of rotatable bonds is 62. The molecule has 0 radical (unpaired) electrons. The van der Waals surface area contributed by atoms with Crippen LogP contribution < -0.4 is 5.32 Å². The molecule has 0 aromatic carbocycles. The lowest BCUT2D eigenvalue weighted by Crippen LogP contribution is -2.45. The zero-order valence-electron chi connectivity index (χ0n) is 49.8. The van der Waals surface area contributed by atoms with Crippen LogP contribution in [0.3, 0.4) is 0 Å². The molecule has 0 fully saturated rings. The minimum atomic E-state index is -0.850. The van der Waals surface area contributed by atoms with Gasteiger partial charge in [0.15, 0.2) is 0 Å². The van der Waals surface area contributed by atoms with Gasteiger partial charge in [-0.1, -0.05) is 301 Å². The van der Waals surface area contributed by atoms with Gasteiger partial charge in [0, 0.05) is 12.8 Å². The lowest BCUT2D eigenvalue weighted by molar-refractivity contribution is -0.143. The first-order valence-corrected chi connectivity index (χ1v) is 33.3. The minimum Gasteiger partial charge on any atom is -0.466 e. The Morgan fingerprint density at radius 3 is 0.959 bits per heavy atom. The molecule has 0 spiro atoms. The van der Waals surface area contributed by atoms with Crippen molar-refractivity contribution in [3.8, 4) is 0 Å². The molecule has 0 saturated carbocycles. The fourth-order valence-corrected chi connectivity index (χ4v) is 10.3. The Morgan fingerprint density at radius 1 is 0.365 bits per heavy atom. The van der Waals surface area contributed by atoms with Gasteiger partial charge >= 0.3 is 5.97 Å². The monoisotopic (exact) mass is 1040 g/mol. The number of hydrogen-bond donors (Lipinski definition) is 3. The molecule has 3 N–H and O–H groups in total. The molecule has 0 aromatic rings. The van der Waals surface area contributed by atoms with Gasteiger partial charge in [-0.05, 0) is 83.5 Å². The van der Waals surface area contributed by atoms with E-state index in [0.29, 0.717) is 19.4 Å². The summed E-state index contributed by atoms with van der Waals surface area (Å²) in [5, 5.41) is 23.2. The van der Waals surface area contributed by atoms with Gasteiger partial charge in [0.2, 0.25) is 5.91 Å².